The van der Waals surface area contributed by atoms with E-state index < -0.39 is 34.9 Å². The van der Waals surface area contributed by atoms with Gasteiger partial charge in [0.15, 0.2) is 0 Å². The molecule has 0 aliphatic carbocycles. The van der Waals surface area contributed by atoms with Gasteiger partial charge in [-0.25, -0.2) is 8.78 Å². The molecule has 9 heteroatoms. The van der Waals surface area contributed by atoms with Gasteiger partial charge in [-0.1, -0.05) is 6.92 Å². The largest absolute Gasteiger partial charge is 0.333 e. The minimum absolute atomic E-state index is 0.0601. The van der Waals surface area contributed by atoms with Gasteiger partial charge in [0.25, 0.3) is 0 Å². The summed E-state index contributed by atoms with van der Waals surface area (Å²) in [7, 11) is -7.02. The molecule has 1 atom stereocenters. The number of hydrogen-bond donors (Lipinski definition) is 0. The highest BCUT2D eigenvalue weighted by molar-refractivity contribution is 7.89. The topological polar surface area (TPSA) is 69.7 Å². The van der Waals surface area contributed by atoms with Gasteiger partial charge in [0, 0.05) is 12.7 Å². The summed E-state index contributed by atoms with van der Waals surface area (Å²) in [6.07, 6.45) is -0.0601. The molecule has 0 saturated heterocycles. The van der Waals surface area contributed by atoms with Gasteiger partial charge in [-0.3, -0.25) is 4.57 Å². The van der Waals surface area contributed by atoms with E-state index in [4.69, 9.17) is 0 Å². The summed E-state index contributed by atoms with van der Waals surface area (Å²) in [4.78, 5) is -0.944. The van der Waals surface area contributed by atoms with Crippen LogP contribution in [0.15, 0.2) is 17.0 Å². The molecule has 0 fully saturated rings. The Morgan fingerprint density at radius 3 is 2.33 bits per heavy atom. The minimum Gasteiger partial charge on any atom is -0.313 e. The maximum atomic E-state index is 13.5. The predicted octanol–water partition coefficient (Wildman–Crippen LogP) is 2.27. The fourth-order valence-corrected chi connectivity index (χ4v) is 3.51. The average Bonchev–Trinajstić information content (AvgIpc) is 2.30. The van der Waals surface area contributed by atoms with Crippen LogP contribution in [0.25, 0.3) is 0 Å². The monoisotopic (exact) mass is 300 g/mol. The lowest BCUT2D eigenvalue weighted by Crippen LogP contribution is -2.10. The normalized spacial score (nSPS) is 13.6. The first kappa shape index (κ1) is 15.2. The van der Waals surface area contributed by atoms with Crippen molar-refractivity contribution in [3.05, 3.63) is 29.3 Å². The van der Waals surface area contributed by atoms with Crippen LogP contribution in [0.4, 0.5) is 8.78 Å². The fourth-order valence-electron chi connectivity index (χ4n) is 1.34. The highest BCUT2D eigenvalue weighted by Gasteiger charge is 2.28. The number of rotatable bonds is 5. The van der Waals surface area contributed by atoms with Crippen LogP contribution >= 0.6 is 8.25 Å². The van der Waals surface area contributed by atoms with Crippen molar-refractivity contribution in [1.29, 1.82) is 0 Å². The molecule has 5 nitrogen and oxygen atoms in total. The quantitative estimate of drug-likeness (QED) is 0.780. The molecule has 1 unspecified atom stereocenters. The van der Waals surface area contributed by atoms with Crippen molar-refractivity contribution >= 4 is 18.4 Å². The van der Waals surface area contributed by atoms with E-state index >= 15 is 0 Å². The first-order chi connectivity index (χ1) is 8.33. The summed E-state index contributed by atoms with van der Waals surface area (Å²) in [6, 6.07) is 1.47. The molecule has 1 aromatic rings. The lowest BCUT2D eigenvalue weighted by atomic mass is 10.1. The Bertz CT molecular complexity index is 573. The fraction of sp³-hybridized carbons (Fsp3) is 0.333. The molecule has 0 bridgehead atoms. The van der Waals surface area contributed by atoms with Crippen molar-refractivity contribution in [2.45, 2.75) is 18.2 Å². The Morgan fingerprint density at radius 1 is 1.28 bits per heavy atom. The van der Waals surface area contributed by atoms with Gasteiger partial charge in [-0.2, -0.15) is 12.4 Å². The van der Waals surface area contributed by atoms with E-state index in [1.807, 2.05) is 0 Å². The number of benzene rings is 1. The molecule has 18 heavy (non-hydrogen) atoms. The van der Waals surface area contributed by atoms with E-state index in [-0.39, 0.29) is 12.0 Å². The van der Waals surface area contributed by atoms with Gasteiger partial charge in [0.1, 0.15) is 16.5 Å². The van der Waals surface area contributed by atoms with Gasteiger partial charge in [0.05, 0.1) is 0 Å². The van der Waals surface area contributed by atoms with Crippen LogP contribution in [0.5, 0.6) is 0 Å². The molecule has 0 aromatic heterocycles. The molecular weight excluding hydrogens is 289 g/mol. The summed E-state index contributed by atoms with van der Waals surface area (Å²) in [6.45, 7) is 1.45. The van der Waals surface area contributed by atoms with Crippen molar-refractivity contribution in [2.24, 2.45) is 0 Å². The molecule has 0 heterocycles. The van der Waals surface area contributed by atoms with Gasteiger partial charge >= 0.3 is 18.4 Å². The van der Waals surface area contributed by atoms with Crippen LogP contribution in [0.3, 0.4) is 0 Å². The van der Waals surface area contributed by atoms with Crippen LogP contribution in [0.2, 0.25) is 0 Å². The second-order valence-corrected chi connectivity index (χ2v) is 6.07. The lowest BCUT2D eigenvalue weighted by Gasteiger charge is -2.10. The molecule has 1 rings (SSSR count). The van der Waals surface area contributed by atoms with Gasteiger partial charge in [0.2, 0.25) is 0 Å². The van der Waals surface area contributed by atoms with Crippen LogP contribution in [-0.4, -0.2) is 15.5 Å². The first-order valence-corrected chi connectivity index (χ1v) is 7.46. The van der Waals surface area contributed by atoms with Crippen LogP contribution < -0.4 is 0 Å². The third-order valence-electron chi connectivity index (χ3n) is 2.10. The predicted molar refractivity (Wildman–Crippen MR) is 60.0 cm³/mol. The summed E-state index contributed by atoms with van der Waals surface area (Å²) in [5.74, 6) is -2.04. The summed E-state index contributed by atoms with van der Waals surface area (Å²) in [5, 5.41) is 0. The second kappa shape index (κ2) is 5.88. The van der Waals surface area contributed by atoms with Crippen LogP contribution in [-0.2, 0) is 29.6 Å². The number of halogens is 2. The Balaban J connectivity index is 3.40. The molecule has 102 valence electrons. The highest BCUT2D eigenvalue weighted by Crippen LogP contribution is 2.32. The van der Waals surface area contributed by atoms with Crippen molar-refractivity contribution < 1.29 is 30.3 Å². The minimum atomic E-state index is -4.67. The second-order valence-electron chi connectivity index (χ2n) is 3.18. The Morgan fingerprint density at radius 2 is 1.83 bits per heavy atom. The zero-order valence-electron chi connectivity index (χ0n) is 9.57. The van der Waals surface area contributed by atoms with E-state index in [2.05, 4.69) is 8.49 Å². The molecule has 1 aromatic carbocycles. The van der Waals surface area contributed by atoms with E-state index in [0.717, 1.165) is 13.2 Å². The first-order valence-electron chi connectivity index (χ1n) is 4.82. The highest BCUT2D eigenvalue weighted by atomic mass is 32.2. The Hall–Kier alpha value is -0.820. The van der Waals surface area contributed by atoms with E-state index in [9.17, 15) is 21.8 Å². The average molecular weight is 300 g/mol. The van der Waals surface area contributed by atoms with Crippen LogP contribution in [0, 0.1) is 11.6 Å². The number of hydrogen-bond acceptors (Lipinski definition) is 5. The Labute approximate surface area is 104 Å². The van der Waals surface area contributed by atoms with Crippen molar-refractivity contribution in [2.75, 3.05) is 7.11 Å². The summed E-state index contributed by atoms with van der Waals surface area (Å²) in [5.41, 5.74) is -0.360. The molecule has 0 amide bonds. The van der Waals surface area contributed by atoms with Crippen LogP contribution in [0.1, 0.15) is 12.5 Å². The van der Waals surface area contributed by atoms with Crippen molar-refractivity contribution in [3.8, 4) is 0 Å². The standard InChI is InChI=1S/C9H11F2O5PS/c1-3-6-7(10)4-5-8(11)9(6)18(13,14)16-17(12)15-2/h4-5,17H,3H2,1-2H3. The van der Waals surface area contributed by atoms with Gasteiger partial charge in [-0.15, -0.1) is 0 Å². The van der Waals surface area contributed by atoms with E-state index in [0.29, 0.717) is 6.07 Å². The molecular formula is C9H11F2O5PS. The molecule has 0 N–H and O–H groups in total. The molecule has 0 radical (unpaired) electrons. The molecule has 0 spiro atoms. The third-order valence-corrected chi connectivity index (χ3v) is 4.80. The molecule has 0 saturated carbocycles. The zero-order chi connectivity index (χ0) is 13.9. The lowest BCUT2D eigenvalue weighted by molar-refractivity contribution is 0.347. The third kappa shape index (κ3) is 3.14. The maximum absolute atomic E-state index is 13.5. The molecule has 0 aliphatic rings. The SMILES string of the molecule is CCc1c(F)ccc(F)c1S(=O)(=O)O[PH](=O)OC. The van der Waals surface area contributed by atoms with E-state index in [1.165, 1.54) is 6.92 Å². The zero-order valence-corrected chi connectivity index (χ0v) is 11.4. The maximum Gasteiger partial charge on any atom is 0.333 e. The Kier molecular flexibility index (Phi) is 4.98. The summed E-state index contributed by atoms with van der Waals surface area (Å²) >= 11 is 0. The van der Waals surface area contributed by atoms with Crippen molar-refractivity contribution in [1.82, 2.24) is 0 Å². The van der Waals surface area contributed by atoms with E-state index in [1.54, 1.807) is 0 Å². The molecule has 0 aliphatic heterocycles. The summed E-state index contributed by atoms with van der Waals surface area (Å²) < 4.78 is 69.5. The van der Waals surface area contributed by atoms with Crippen molar-refractivity contribution in [3.63, 3.8) is 0 Å². The van der Waals surface area contributed by atoms with Gasteiger partial charge < -0.3 is 4.52 Å². The smallest absolute Gasteiger partial charge is 0.313 e. The van der Waals surface area contributed by atoms with Gasteiger partial charge in [-0.05, 0) is 18.6 Å².